The molecule has 0 aliphatic rings. The number of benzene rings is 2. The summed E-state index contributed by atoms with van der Waals surface area (Å²) in [5, 5.41) is 0. The zero-order valence-corrected chi connectivity index (χ0v) is 11.3. The first-order valence-corrected chi connectivity index (χ1v) is 6.74. The Balaban J connectivity index is 1.74. The fraction of sp³-hybridized carbons (Fsp3) is 0.235. The molecule has 0 saturated carbocycles. The van der Waals surface area contributed by atoms with Gasteiger partial charge in [0.25, 0.3) is 0 Å². The largest absolute Gasteiger partial charge is 0.337 e. The molecule has 2 aromatic carbocycles. The van der Waals surface area contributed by atoms with Crippen LogP contribution in [0.2, 0.25) is 0 Å². The molecule has 0 atom stereocenters. The summed E-state index contributed by atoms with van der Waals surface area (Å²) in [5.74, 6) is 0.681. The lowest BCUT2D eigenvalue weighted by molar-refractivity contribution is -0.217. The van der Waals surface area contributed by atoms with E-state index < -0.39 is 0 Å². The van der Waals surface area contributed by atoms with E-state index in [2.05, 4.69) is 0 Å². The maximum absolute atomic E-state index is 10.2. The number of unbranched alkanes of at least 4 members (excludes halogenated alkanes) is 1. The van der Waals surface area contributed by atoms with Crippen LogP contribution in [0.1, 0.15) is 24.0 Å². The molecule has 0 saturated heterocycles. The first kappa shape index (κ1) is 14.3. The SMILES string of the molecule is O=CCCCc1ccc(OOCc2ccccc2)cc1. The highest BCUT2D eigenvalue weighted by molar-refractivity contribution is 5.49. The van der Waals surface area contributed by atoms with Crippen molar-refractivity contribution in [2.75, 3.05) is 0 Å². The molecule has 0 heterocycles. The van der Waals surface area contributed by atoms with Crippen LogP contribution < -0.4 is 4.89 Å². The summed E-state index contributed by atoms with van der Waals surface area (Å²) in [6, 6.07) is 17.6. The Morgan fingerprint density at radius 1 is 0.900 bits per heavy atom. The van der Waals surface area contributed by atoms with E-state index in [-0.39, 0.29) is 0 Å². The lowest BCUT2D eigenvalue weighted by Gasteiger charge is -2.06. The normalized spacial score (nSPS) is 10.2. The smallest absolute Gasteiger partial charge is 0.165 e. The molecular weight excluding hydrogens is 252 g/mol. The lowest BCUT2D eigenvalue weighted by atomic mass is 10.1. The Morgan fingerprint density at radius 3 is 2.35 bits per heavy atom. The quantitative estimate of drug-likeness (QED) is 0.317. The van der Waals surface area contributed by atoms with Crippen LogP contribution in [0.25, 0.3) is 0 Å². The zero-order chi connectivity index (χ0) is 14.0. The first-order chi connectivity index (χ1) is 9.88. The Hall–Kier alpha value is -2.13. The molecule has 0 unspecified atom stereocenters. The van der Waals surface area contributed by atoms with Crippen molar-refractivity contribution in [3.05, 3.63) is 65.7 Å². The van der Waals surface area contributed by atoms with Gasteiger partial charge in [-0.1, -0.05) is 42.5 Å². The van der Waals surface area contributed by atoms with Gasteiger partial charge >= 0.3 is 0 Å². The van der Waals surface area contributed by atoms with E-state index in [9.17, 15) is 4.79 Å². The van der Waals surface area contributed by atoms with Crippen molar-refractivity contribution < 1.29 is 14.6 Å². The molecule has 0 bridgehead atoms. The molecule has 20 heavy (non-hydrogen) atoms. The fourth-order valence-electron chi connectivity index (χ4n) is 1.84. The number of aldehydes is 1. The number of hydrogen-bond acceptors (Lipinski definition) is 3. The van der Waals surface area contributed by atoms with E-state index in [0.717, 1.165) is 24.7 Å². The molecule has 0 spiro atoms. The second kappa shape index (κ2) is 8.12. The number of carbonyl (C=O) groups excluding carboxylic acids is 1. The molecule has 2 aromatic rings. The van der Waals surface area contributed by atoms with Gasteiger partial charge in [0.2, 0.25) is 0 Å². The average Bonchev–Trinajstić information content (AvgIpc) is 2.50. The van der Waals surface area contributed by atoms with Crippen molar-refractivity contribution in [1.82, 2.24) is 0 Å². The average molecular weight is 270 g/mol. The summed E-state index contributed by atoms with van der Waals surface area (Å²) in [6.45, 7) is 0.419. The predicted octanol–water partition coefficient (Wildman–Crippen LogP) is 3.72. The molecule has 3 nitrogen and oxygen atoms in total. The third-order valence-electron chi connectivity index (χ3n) is 2.93. The zero-order valence-electron chi connectivity index (χ0n) is 11.3. The molecule has 3 heteroatoms. The van der Waals surface area contributed by atoms with Crippen molar-refractivity contribution in [3.63, 3.8) is 0 Å². The van der Waals surface area contributed by atoms with Gasteiger partial charge in [-0.05, 0) is 36.1 Å². The lowest BCUT2D eigenvalue weighted by Crippen LogP contribution is -1.98. The fourth-order valence-corrected chi connectivity index (χ4v) is 1.84. The van der Waals surface area contributed by atoms with Gasteiger partial charge < -0.3 is 9.68 Å². The molecule has 2 rings (SSSR count). The minimum Gasteiger partial charge on any atom is -0.337 e. The van der Waals surface area contributed by atoms with Crippen LogP contribution >= 0.6 is 0 Å². The molecule has 0 fully saturated rings. The van der Waals surface area contributed by atoms with Gasteiger partial charge in [-0.2, -0.15) is 4.89 Å². The summed E-state index contributed by atoms with van der Waals surface area (Å²) < 4.78 is 0. The highest BCUT2D eigenvalue weighted by Gasteiger charge is 1.98. The minimum absolute atomic E-state index is 0.419. The van der Waals surface area contributed by atoms with Crippen molar-refractivity contribution in [2.24, 2.45) is 0 Å². The van der Waals surface area contributed by atoms with E-state index in [1.54, 1.807) is 0 Å². The minimum atomic E-state index is 0.419. The molecule has 0 aliphatic carbocycles. The molecule has 0 aromatic heterocycles. The summed E-state index contributed by atoms with van der Waals surface area (Å²) in [5.41, 5.74) is 2.26. The van der Waals surface area contributed by atoms with E-state index >= 15 is 0 Å². The highest BCUT2D eigenvalue weighted by Crippen LogP contribution is 2.14. The molecule has 104 valence electrons. The highest BCUT2D eigenvalue weighted by atomic mass is 17.2. The van der Waals surface area contributed by atoms with Crippen LogP contribution in [-0.2, 0) is 22.7 Å². The van der Waals surface area contributed by atoms with Gasteiger partial charge in [-0.15, -0.1) is 0 Å². The second-order valence-electron chi connectivity index (χ2n) is 4.53. The Labute approximate surface area is 119 Å². The van der Waals surface area contributed by atoms with Crippen LogP contribution in [0.5, 0.6) is 5.75 Å². The molecule has 0 N–H and O–H groups in total. The third-order valence-corrected chi connectivity index (χ3v) is 2.93. The topological polar surface area (TPSA) is 35.5 Å². The van der Waals surface area contributed by atoms with Gasteiger partial charge in [0.05, 0.1) is 0 Å². The van der Waals surface area contributed by atoms with Crippen LogP contribution in [0.15, 0.2) is 54.6 Å². The maximum atomic E-state index is 10.2. The van der Waals surface area contributed by atoms with Crippen molar-refractivity contribution in [2.45, 2.75) is 25.9 Å². The van der Waals surface area contributed by atoms with E-state index in [1.165, 1.54) is 5.56 Å². The van der Waals surface area contributed by atoms with Gasteiger partial charge in [-0.25, -0.2) is 0 Å². The maximum Gasteiger partial charge on any atom is 0.165 e. The molecular formula is C17H18O3. The van der Waals surface area contributed by atoms with Gasteiger partial charge in [0.15, 0.2) is 5.75 Å². The number of rotatable bonds is 8. The summed E-state index contributed by atoms with van der Waals surface area (Å²) in [7, 11) is 0. The van der Waals surface area contributed by atoms with Crippen LogP contribution in [0.4, 0.5) is 0 Å². The number of carbonyl (C=O) groups is 1. The standard InChI is InChI=1S/C17H18O3/c18-13-5-4-6-15-9-11-17(12-10-15)20-19-14-16-7-2-1-3-8-16/h1-3,7-13H,4-6,14H2. The second-order valence-corrected chi connectivity index (χ2v) is 4.53. The van der Waals surface area contributed by atoms with Gasteiger partial charge in [-0.3, -0.25) is 0 Å². The Bertz CT molecular complexity index is 506. The van der Waals surface area contributed by atoms with Crippen LogP contribution in [0, 0.1) is 0 Å². The monoisotopic (exact) mass is 270 g/mol. The first-order valence-electron chi connectivity index (χ1n) is 6.74. The summed E-state index contributed by atoms with van der Waals surface area (Å²) in [4.78, 5) is 20.7. The Kier molecular flexibility index (Phi) is 5.80. The van der Waals surface area contributed by atoms with Crippen LogP contribution in [-0.4, -0.2) is 6.29 Å². The van der Waals surface area contributed by atoms with E-state index in [0.29, 0.717) is 18.8 Å². The summed E-state index contributed by atoms with van der Waals surface area (Å²) >= 11 is 0. The third kappa shape index (κ3) is 4.86. The molecule has 0 aliphatic heterocycles. The van der Waals surface area contributed by atoms with Gasteiger partial charge in [0.1, 0.15) is 12.9 Å². The number of aryl methyl sites for hydroxylation is 1. The van der Waals surface area contributed by atoms with Crippen LogP contribution in [0.3, 0.4) is 0 Å². The number of hydrogen-bond donors (Lipinski definition) is 0. The van der Waals surface area contributed by atoms with Crippen molar-refractivity contribution in [1.29, 1.82) is 0 Å². The van der Waals surface area contributed by atoms with E-state index in [1.807, 2.05) is 54.6 Å². The van der Waals surface area contributed by atoms with Gasteiger partial charge in [0, 0.05) is 6.42 Å². The van der Waals surface area contributed by atoms with E-state index in [4.69, 9.17) is 9.78 Å². The van der Waals surface area contributed by atoms with Crippen molar-refractivity contribution in [3.8, 4) is 5.75 Å². The summed E-state index contributed by atoms with van der Waals surface area (Å²) in [6.07, 6.45) is 3.35. The van der Waals surface area contributed by atoms with Crippen molar-refractivity contribution >= 4 is 6.29 Å². The predicted molar refractivity (Wildman–Crippen MR) is 77.3 cm³/mol. The molecule has 0 amide bonds. The Morgan fingerprint density at radius 2 is 1.65 bits per heavy atom. The molecule has 0 radical (unpaired) electrons.